The molecule has 2 saturated heterocycles. The van der Waals surface area contributed by atoms with Crippen LogP contribution in [0.3, 0.4) is 0 Å². The summed E-state index contributed by atoms with van der Waals surface area (Å²) in [5, 5.41) is 0. The molecule has 0 aliphatic carbocycles. The second kappa shape index (κ2) is 9.22. The Bertz CT molecular complexity index is 375. The van der Waals surface area contributed by atoms with Crippen LogP contribution in [0.4, 0.5) is 0 Å². The molecular weight excluding hydrogens is 296 g/mol. The van der Waals surface area contributed by atoms with Gasteiger partial charge in [-0.25, -0.2) is 0 Å². The molecule has 3 heteroatoms. The summed E-state index contributed by atoms with van der Waals surface area (Å²) in [7, 11) is 0. The van der Waals surface area contributed by atoms with E-state index in [0.29, 0.717) is 17.2 Å². The zero-order valence-electron chi connectivity index (χ0n) is 16.6. The largest absolute Gasteiger partial charge is 0.343 e. The first kappa shape index (κ1) is 19.8. The van der Waals surface area contributed by atoms with E-state index < -0.39 is 0 Å². The number of hydrogen-bond donors (Lipinski definition) is 0. The van der Waals surface area contributed by atoms with E-state index >= 15 is 0 Å². The molecule has 3 nitrogen and oxygen atoms in total. The van der Waals surface area contributed by atoms with Crippen molar-refractivity contribution in [3.63, 3.8) is 0 Å². The average molecular weight is 337 g/mol. The van der Waals surface area contributed by atoms with E-state index in [9.17, 15) is 4.79 Å². The summed E-state index contributed by atoms with van der Waals surface area (Å²) in [6, 6.07) is 0. The third-order valence-corrected chi connectivity index (χ3v) is 6.38. The number of rotatable bonds is 7. The lowest BCUT2D eigenvalue weighted by Gasteiger charge is -2.47. The van der Waals surface area contributed by atoms with Crippen LogP contribution in [0.25, 0.3) is 0 Å². The van der Waals surface area contributed by atoms with Crippen LogP contribution in [-0.2, 0) is 4.79 Å². The number of piperidine rings is 2. The Hall–Kier alpha value is -0.570. The van der Waals surface area contributed by atoms with E-state index in [1.807, 2.05) is 0 Å². The molecule has 0 bridgehead atoms. The maximum atomic E-state index is 12.3. The fourth-order valence-electron chi connectivity index (χ4n) is 4.54. The van der Waals surface area contributed by atoms with Gasteiger partial charge in [0.05, 0.1) is 0 Å². The minimum atomic E-state index is 0.393. The Balaban J connectivity index is 1.71. The number of likely N-dealkylation sites (tertiary alicyclic amines) is 2. The molecule has 1 atom stereocenters. The zero-order chi connectivity index (χ0) is 17.6. The molecule has 1 amide bonds. The van der Waals surface area contributed by atoms with Gasteiger partial charge in [-0.1, -0.05) is 34.1 Å². The lowest BCUT2D eigenvalue weighted by Crippen LogP contribution is -2.48. The minimum Gasteiger partial charge on any atom is -0.343 e. The monoisotopic (exact) mass is 336 g/mol. The van der Waals surface area contributed by atoms with Gasteiger partial charge in [-0.3, -0.25) is 4.79 Å². The van der Waals surface area contributed by atoms with Crippen LogP contribution in [0.1, 0.15) is 79.1 Å². The number of amides is 1. The van der Waals surface area contributed by atoms with Crippen LogP contribution < -0.4 is 0 Å². The van der Waals surface area contributed by atoms with Crippen molar-refractivity contribution >= 4 is 5.91 Å². The molecule has 1 spiro atoms. The van der Waals surface area contributed by atoms with Gasteiger partial charge in [0, 0.05) is 26.1 Å². The van der Waals surface area contributed by atoms with Crippen LogP contribution in [0.15, 0.2) is 0 Å². The summed E-state index contributed by atoms with van der Waals surface area (Å²) < 4.78 is 0. The molecule has 0 radical (unpaired) electrons. The molecule has 140 valence electrons. The molecule has 0 N–H and O–H groups in total. The predicted molar refractivity (Wildman–Crippen MR) is 102 cm³/mol. The summed E-state index contributed by atoms with van der Waals surface area (Å²) >= 11 is 0. The lowest BCUT2D eigenvalue weighted by molar-refractivity contribution is -0.134. The first-order chi connectivity index (χ1) is 11.4. The molecule has 2 rings (SSSR count). The molecule has 2 aliphatic heterocycles. The van der Waals surface area contributed by atoms with Crippen LogP contribution in [0.2, 0.25) is 0 Å². The van der Waals surface area contributed by atoms with Crippen LogP contribution in [-0.4, -0.2) is 48.4 Å². The highest BCUT2D eigenvalue weighted by atomic mass is 16.2. The van der Waals surface area contributed by atoms with Crippen molar-refractivity contribution < 1.29 is 4.79 Å². The molecule has 2 aliphatic rings. The van der Waals surface area contributed by atoms with E-state index in [2.05, 4.69) is 37.5 Å². The second-order valence-electron chi connectivity index (χ2n) is 9.01. The van der Waals surface area contributed by atoms with Gasteiger partial charge in [0.1, 0.15) is 0 Å². The van der Waals surface area contributed by atoms with E-state index in [0.717, 1.165) is 31.8 Å². The third kappa shape index (κ3) is 5.75. The number of nitrogens with zero attached hydrogens (tertiary/aromatic N) is 2. The quantitative estimate of drug-likeness (QED) is 0.680. The van der Waals surface area contributed by atoms with Crippen molar-refractivity contribution in [1.82, 2.24) is 9.80 Å². The highest BCUT2D eigenvalue weighted by Gasteiger charge is 2.38. The van der Waals surface area contributed by atoms with Gasteiger partial charge in [0.15, 0.2) is 0 Å². The summed E-state index contributed by atoms with van der Waals surface area (Å²) in [6.45, 7) is 14.9. The standard InChI is InChI=1S/C21H40N2O/c1-5-6-19(4)17-22-13-9-21(10-14-22)11-15-23(16-12-21)20(24)8-7-18(2)3/h18-19H,5-17H2,1-4H3. The molecule has 0 aromatic carbocycles. The Morgan fingerprint density at radius 1 is 0.958 bits per heavy atom. The highest BCUT2D eigenvalue weighted by molar-refractivity contribution is 5.76. The first-order valence-electron chi connectivity index (χ1n) is 10.4. The number of carbonyl (C=O) groups is 1. The molecule has 2 fully saturated rings. The van der Waals surface area contributed by atoms with Gasteiger partial charge in [-0.05, 0) is 68.9 Å². The SMILES string of the molecule is CCCC(C)CN1CCC2(CC1)CCN(C(=O)CCC(C)C)CC2. The Labute approximate surface area is 150 Å². The summed E-state index contributed by atoms with van der Waals surface area (Å²) in [6.07, 6.45) is 9.60. The Morgan fingerprint density at radius 2 is 1.54 bits per heavy atom. The van der Waals surface area contributed by atoms with Gasteiger partial charge in [0.25, 0.3) is 0 Å². The Kier molecular flexibility index (Phi) is 7.59. The molecule has 1 unspecified atom stereocenters. The molecule has 0 aromatic rings. The highest BCUT2D eigenvalue weighted by Crippen LogP contribution is 2.41. The first-order valence-corrected chi connectivity index (χ1v) is 10.4. The van der Waals surface area contributed by atoms with Crippen molar-refractivity contribution in [2.45, 2.75) is 79.1 Å². The smallest absolute Gasteiger partial charge is 0.222 e. The van der Waals surface area contributed by atoms with Crippen molar-refractivity contribution in [2.75, 3.05) is 32.7 Å². The van der Waals surface area contributed by atoms with Gasteiger partial charge >= 0.3 is 0 Å². The Morgan fingerprint density at radius 3 is 2.08 bits per heavy atom. The van der Waals surface area contributed by atoms with Gasteiger partial charge in [0.2, 0.25) is 5.91 Å². The summed E-state index contributed by atoms with van der Waals surface area (Å²) in [5.74, 6) is 1.86. The van der Waals surface area contributed by atoms with Crippen molar-refractivity contribution in [3.05, 3.63) is 0 Å². The van der Waals surface area contributed by atoms with Crippen molar-refractivity contribution in [3.8, 4) is 0 Å². The topological polar surface area (TPSA) is 23.6 Å². The van der Waals surface area contributed by atoms with Crippen LogP contribution in [0, 0.1) is 17.3 Å². The molecule has 0 saturated carbocycles. The van der Waals surface area contributed by atoms with Crippen molar-refractivity contribution in [2.24, 2.45) is 17.3 Å². The van der Waals surface area contributed by atoms with Gasteiger partial charge in [-0.2, -0.15) is 0 Å². The number of carbonyl (C=O) groups excluding carboxylic acids is 1. The fourth-order valence-corrected chi connectivity index (χ4v) is 4.54. The molecular formula is C21H40N2O. The van der Waals surface area contributed by atoms with Crippen molar-refractivity contribution in [1.29, 1.82) is 0 Å². The maximum Gasteiger partial charge on any atom is 0.222 e. The second-order valence-corrected chi connectivity index (χ2v) is 9.01. The molecule has 0 aromatic heterocycles. The van der Waals surface area contributed by atoms with E-state index in [4.69, 9.17) is 0 Å². The van der Waals surface area contributed by atoms with Gasteiger partial charge < -0.3 is 9.80 Å². The lowest BCUT2D eigenvalue weighted by atomic mass is 9.71. The van der Waals surface area contributed by atoms with E-state index in [1.54, 1.807) is 0 Å². The minimum absolute atomic E-state index is 0.393. The summed E-state index contributed by atoms with van der Waals surface area (Å²) in [5.41, 5.74) is 0.541. The van der Waals surface area contributed by atoms with Crippen LogP contribution in [0.5, 0.6) is 0 Å². The summed E-state index contributed by atoms with van der Waals surface area (Å²) in [4.78, 5) is 17.2. The fraction of sp³-hybridized carbons (Fsp3) is 0.952. The van der Waals surface area contributed by atoms with E-state index in [-0.39, 0.29) is 0 Å². The predicted octanol–water partition coefficient (Wildman–Crippen LogP) is 4.56. The number of hydrogen-bond acceptors (Lipinski definition) is 2. The average Bonchev–Trinajstić information content (AvgIpc) is 2.56. The zero-order valence-corrected chi connectivity index (χ0v) is 16.6. The molecule has 2 heterocycles. The molecule has 24 heavy (non-hydrogen) atoms. The van der Waals surface area contributed by atoms with E-state index in [1.165, 1.54) is 58.2 Å². The van der Waals surface area contributed by atoms with Crippen LogP contribution >= 0.6 is 0 Å². The third-order valence-electron chi connectivity index (χ3n) is 6.38. The normalized spacial score (nSPS) is 23.0. The van der Waals surface area contributed by atoms with Gasteiger partial charge in [-0.15, -0.1) is 0 Å². The maximum absolute atomic E-state index is 12.3.